The molecule has 2 aromatic rings. The molecule has 0 spiro atoms. The van der Waals surface area contributed by atoms with E-state index < -0.39 is 6.04 Å². The Labute approximate surface area is 113 Å². The molecule has 3 N–H and O–H groups in total. The Morgan fingerprint density at radius 2 is 1.74 bits per heavy atom. The zero-order chi connectivity index (χ0) is 13.8. The second-order valence-electron chi connectivity index (χ2n) is 4.68. The Hall–Kier alpha value is -2.13. The molecule has 98 valence electrons. The molecule has 1 atom stereocenters. The maximum Gasteiger partial charge on any atom is 0.245 e. The summed E-state index contributed by atoms with van der Waals surface area (Å²) in [5.41, 5.74) is 9.87. The number of hydrogen-bond acceptors (Lipinski definition) is 2. The smallest absolute Gasteiger partial charge is 0.245 e. The van der Waals surface area contributed by atoms with Crippen molar-refractivity contribution in [2.45, 2.75) is 19.9 Å². The molecular weight excluding hydrogens is 236 g/mol. The van der Waals surface area contributed by atoms with Crippen molar-refractivity contribution in [1.82, 2.24) is 0 Å². The maximum absolute atomic E-state index is 12.1. The molecule has 1 amide bonds. The van der Waals surface area contributed by atoms with Gasteiger partial charge in [-0.1, -0.05) is 36.4 Å². The Morgan fingerprint density at radius 3 is 2.37 bits per heavy atom. The van der Waals surface area contributed by atoms with Gasteiger partial charge in [0.1, 0.15) is 6.04 Å². The Bertz CT molecular complexity index is 579. The summed E-state index contributed by atoms with van der Waals surface area (Å²) in [5.74, 6) is -0.200. The fourth-order valence-electron chi connectivity index (χ4n) is 1.85. The quantitative estimate of drug-likeness (QED) is 0.884. The van der Waals surface area contributed by atoms with E-state index in [0.29, 0.717) is 0 Å². The summed E-state index contributed by atoms with van der Waals surface area (Å²) in [7, 11) is 0. The monoisotopic (exact) mass is 254 g/mol. The maximum atomic E-state index is 12.1. The van der Waals surface area contributed by atoms with Gasteiger partial charge in [-0.2, -0.15) is 0 Å². The summed E-state index contributed by atoms with van der Waals surface area (Å²) in [6, 6.07) is 14.5. The van der Waals surface area contributed by atoms with E-state index in [0.717, 1.165) is 16.8 Å². The van der Waals surface area contributed by atoms with Crippen molar-refractivity contribution in [3.05, 3.63) is 65.2 Å². The van der Waals surface area contributed by atoms with Gasteiger partial charge in [0, 0.05) is 5.69 Å². The van der Waals surface area contributed by atoms with E-state index in [1.165, 1.54) is 5.56 Å². The number of aryl methyl sites for hydroxylation is 2. The standard InChI is InChI=1S/C16H18N2O/c1-11-8-9-14(10-12(11)2)18-16(19)15(17)13-6-4-3-5-7-13/h3-10,15H,17H2,1-2H3,(H,18,19)/t15-/m1/s1. The van der Waals surface area contributed by atoms with Gasteiger partial charge in [0.05, 0.1) is 0 Å². The van der Waals surface area contributed by atoms with Gasteiger partial charge in [0.25, 0.3) is 0 Å². The average Bonchev–Trinajstić information content (AvgIpc) is 2.43. The molecule has 2 rings (SSSR count). The van der Waals surface area contributed by atoms with Gasteiger partial charge in [-0.05, 0) is 42.7 Å². The lowest BCUT2D eigenvalue weighted by Crippen LogP contribution is -2.27. The van der Waals surface area contributed by atoms with E-state index in [1.807, 2.05) is 62.4 Å². The molecule has 2 aromatic carbocycles. The van der Waals surface area contributed by atoms with Gasteiger partial charge in [-0.15, -0.1) is 0 Å². The SMILES string of the molecule is Cc1ccc(NC(=O)[C@H](N)c2ccccc2)cc1C. The largest absolute Gasteiger partial charge is 0.324 e. The van der Waals surface area contributed by atoms with Gasteiger partial charge in [0.2, 0.25) is 5.91 Å². The fraction of sp³-hybridized carbons (Fsp3) is 0.188. The molecule has 0 aliphatic rings. The van der Waals surface area contributed by atoms with Crippen LogP contribution in [0.25, 0.3) is 0 Å². The predicted octanol–water partition coefficient (Wildman–Crippen LogP) is 2.94. The van der Waals surface area contributed by atoms with E-state index >= 15 is 0 Å². The first-order valence-corrected chi connectivity index (χ1v) is 6.26. The van der Waals surface area contributed by atoms with E-state index in [-0.39, 0.29) is 5.91 Å². The Morgan fingerprint density at radius 1 is 1.05 bits per heavy atom. The summed E-state index contributed by atoms with van der Waals surface area (Å²) in [6.45, 7) is 4.05. The number of carbonyl (C=O) groups excluding carboxylic acids is 1. The number of anilines is 1. The number of carbonyl (C=O) groups is 1. The lowest BCUT2D eigenvalue weighted by Gasteiger charge is -2.13. The summed E-state index contributed by atoms with van der Waals surface area (Å²) < 4.78 is 0. The lowest BCUT2D eigenvalue weighted by atomic mass is 10.1. The highest BCUT2D eigenvalue weighted by molar-refractivity contribution is 5.95. The molecule has 0 aliphatic carbocycles. The van der Waals surface area contributed by atoms with Crippen LogP contribution in [-0.2, 0) is 4.79 Å². The van der Waals surface area contributed by atoms with Crippen molar-refractivity contribution < 1.29 is 4.79 Å². The van der Waals surface area contributed by atoms with Crippen molar-refractivity contribution in [2.24, 2.45) is 5.73 Å². The summed E-state index contributed by atoms with van der Waals surface area (Å²) >= 11 is 0. The van der Waals surface area contributed by atoms with Crippen LogP contribution in [0.4, 0.5) is 5.69 Å². The van der Waals surface area contributed by atoms with Crippen LogP contribution in [0, 0.1) is 13.8 Å². The van der Waals surface area contributed by atoms with Crippen molar-refractivity contribution >= 4 is 11.6 Å². The third-order valence-electron chi connectivity index (χ3n) is 3.22. The predicted molar refractivity (Wildman–Crippen MR) is 77.9 cm³/mol. The van der Waals surface area contributed by atoms with E-state index in [1.54, 1.807) is 0 Å². The topological polar surface area (TPSA) is 55.1 Å². The lowest BCUT2D eigenvalue weighted by molar-refractivity contribution is -0.117. The van der Waals surface area contributed by atoms with Crippen LogP contribution in [0.5, 0.6) is 0 Å². The van der Waals surface area contributed by atoms with E-state index in [2.05, 4.69) is 5.32 Å². The molecule has 0 saturated carbocycles. The molecule has 0 radical (unpaired) electrons. The van der Waals surface area contributed by atoms with Crippen molar-refractivity contribution in [2.75, 3.05) is 5.32 Å². The van der Waals surface area contributed by atoms with Crippen LogP contribution in [0.1, 0.15) is 22.7 Å². The molecule has 0 aromatic heterocycles. The molecule has 0 bridgehead atoms. The van der Waals surface area contributed by atoms with E-state index in [4.69, 9.17) is 5.73 Å². The third-order valence-corrected chi connectivity index (χ3v) is 3.22. The minimum absolute atomic E-state index is 0.200. The summed E-state index contributed by atoms with van der Waals surface area (Å²) in [5, 5.41) is 2.84. The van der Waals surface area contributed by atoms with E-state index in [9.17, 15) is 4.79 Å². The minimum atomic E-state index is -0.650. The molecule has 3 heteroatoms. The minimum Gasteiger partial charge on any atom is -0.324 e. The third kappa shape index (κ3) is 3.20. The first-order valence-electron chi connectivity index (χ1n) is 6.26. The van der Waals surface area contributed by atoms with Crippen LogP contribution in [0.2, 0.25) is 0 Å². The van der Waals surface area contributed by atoms with Crippen molar-refractivity contribution in [3.63, 3.8) is 0 Å². The summed E-state index contributed by atoms with van der Waals surface area (Å²) in [6.07, 6.45) is 0. The molecule has 0 fully saturated rings. The highest BCUT2D eigenvalue weighted by Gasteiger charge is 2.15. The van der Waals surface area contributed by atoms with Crippen LogP contribution < -0.4 is 11.1 Å². The number of nitrogens with one attached hydrogen (secondary N) is 1. The molecule has 0 aliphatic heterocycles. The van der Waals surface area contributed by atoms with Crippen LogP contribution in [0.3, 0.4) is 0 Å². The van der Waals surface area contributed by atoms with Gasteiger partial charge < -0.3 is 11.1 Å². The second kappa shape index (κ2) is 5.67. The first-order chi connectivity index (χ1) is 9.08. The number of amides is 1. The van der Waals surface area contributed by atoms with Crippen molar-refractivity contribution in [1.29, 1.82) is 0 Å². The number of nitrogens with two attached hydrogens (primary N) is 1. The molecule has 0 saturated heterocycles. The van der Waals surface area contributed by atoms with Gasteiger partial charge >= 0.3 is 0 Å². The zero-order valence-corrected chi connectivity index (χ0v) is 11.2. The van der Waals surface area contributed by atoms with Crippen LogP contribution >= 0.6 is 0 Å². The van der Waals surface area contributed by atoms with Gasteiger partial charge in [-0.3, -0.25) is 4.79 Å². The molecule has 3 nitrogen and oxygen atoms in total. The number of rotatable bonds is 3. The summed E-state index contributed by atoms with van der Waals surface area (Å²) in [4.78, 5) is 12.1. The normalized spacial score (nSPS) is 11.9. The molecular formula is C16H18N2O. The van der Waals surface area contributed by atoms with Gasteiger partial charge in [0.15, 0.2) is 0 Å². The van der Waals surface area contributed by atoms with Gasteiger partial charge in [-0.25, -0.2) is 0 Å². The Balaban J connectivity index is 2.10. The molecule has 0 heterocycles. The number of benzene rings is 2. The highest BCUT2D eigenvalue weighted by Crippen LogP contribution is 2.17. The number of hydrogen-bond donors (Lipinski definition) is 2. The van der Waals surface area contributed by atoms with Crippen LogP contribution in [0.15, 0.2) is 48.5 Å². The molecule has 0 unspecified atom stereocenters. The van der Waals surface area contributed by atoms with Crippen molar-refractivity contribution in [3.8, 4) is 0 Å². The Kier molecular flexibility index (Phi) is 3.97. The van der Waals surface area contributed by atoms with Crippen LogP contribution in [-0.4, -0.2) is 5.91 Å². The average molecular weight is 254 g/mol. The first kappa shape index (κ1) is 13.3. The molecule has 19 heavy (non-hydrogen) atoms. The second-order valence-corrected chi connectivity index (χ2v) is 4.68. The highest BCUT2D eigenvalue weighted by atomic mass is 16.2. The fourth-order valence-corrected chi connectivity index (χ4v) is 1.85. The zero-order valence-electron chi connectivity index (χ0n) is 11.2.